The molecule has 0 N–H and O–H groups in total. The lowest BCUT2D eigenvalue weighted by atomic mass is 9.90. The van der Waals surface area contributed by atoms with Crippen LogP contribution in [0.2, 0.25) is 5.15 Å². The molecule has 2 fully saturated rings. The molecule has 0 aliphatic carbocycles. The van der Waals surface area contributed by atoms with Crippen LogP contribution in [0.4, 0.5) is 11.5 Å². The van der Waals surface area contributed by atoms with Gasteiger partial charge in [0.15, 0.2) is 5.16 Å². The normalized spacial score (nSPS) is 16.4. The molecule has 5 rings (SSSR count). The molecule has 206 valence electrons. The lowest BCUT2D eigenvalue weighted by molar-refractivity contribution is -0.128. The van der Waals surface area contributed by atoms with Crippen LogP contribution in [0.3, 0.4) is 0 Å². The molecular formula is C30H36ClN5O2S. The number of thioether (sulfide) groups is 1. The van der Waals surface area contributed by atoms with E-state index in [4.69, 9.17) is 21.3 Å². The first kappa shape index (κ1) is 27.6. The Morgan fingerprint density at radius 3 is 2.41 bits per heavy atom. The number of ether oxygens (including phenoxy) is 1. The van der Waals surface area contributed by atoms with E-state index in [2.05, 4.69) is 51.2 Å². The van der Waals surface area contributed by atoms with E-state index < -0.39 is 0 Å². The molecule has 39 heavy (non-hydrogen) atoms. The Labute approximate surface area is 240 Å². The van der Waals surface area contributed by atoms with Crippen molar-refractivity contribution in [3.8, 4) is 5.75 Å². The number of piperidine rings is 1. The minimum absolute atomic E-state index is 0.101. The van der Waals surface area contributed by atoms with Crippen molar-refractivity contribution in [2.24, 2.45) is 5.92 Å². The van der Waals surface area contributed by atoms with Crippen LogP contribution >= 0.6 is 23.4 Å². The number of piperazine rings is 1. The lowest BCUT2D eigenvalue weighted by Gasteiger charge is -2.36. The van der Waals surface area contributed by atoms with Gasteiger partial charge in [0.05, 0.1) is 18.0 Å². The first-order valence-corrected chi connectivity index (χ1v) is 15.2. The highest BCUT2D eigenvalue weighted by Gasteiger charge is 2.24. The SMILES string of the molecule is CCOc1ccccc1N1CCN(C(=O)CSc2nc(Cl)cc(N3CCC(Cc4ccccc4)CC3)n2)CC1. The van der Waals surface area contributed by atoms with Crippen molar-refractivity contribution < 1.29 is 9.53 Å². The zero-order valence-electron chi connectivity index (χ0n) is 22.5. The van der Waals surface area contributed by atoms with Crippen molar-refractivity contribution in [3.05, 3.63) is 71.4 Å². The van der Waals surface area contributed by atoms with Gasteiger partial charge in [0.2, 0.25) is 5.91 Å². The van der Waals surface area contributed by atoms with Crippen LogP contribution in [0.1, 0.15) is 25.3 Å². The van der Waals surface area contributed by atoms with Crippen molar-refractivity contribution in [2.75, 3.05) is 61.4 Å². The minimum atomic E-state index is 0.101. The summed E-state index contributed by atoms with van der Waals surface area (Å²) in [6.45, 7) is 7.43. The largest absolute Gasteiger partial charge is 0.492 e. The van der Waals surface area contributed by atoms with Gasteiger partial charge in [-0.2, -0.15) is 0 Å². The van der Waals surface area contributed by atoms with Gasteiger partial charge in [0, 0.05) is 45.3 Å². The van der Waals surface area contributed by atoms with Gasteiger partial charge in [0.25, 0.3) is 0 Å². The third-order valence-electron chi connectivity index (χ3n) is 7.43. The standard InChI is InChI=1S/C30H36ClN5O2S/c1-2-38-26-11-7-6-10-25(26)34-16-18-36(19-17-34)29(37)22-39-30-32-27(31)21-28(33-30)35-14-12-24(13-15-35)20-23-8-4-3-5-9-23/h3-11,21,24H,2,12-20,22H2,1H3. The first-order chi connectivity index (χ1) is 19.1. The molecule has 0 atom stereocenters. The number of hydrogen-bond donors (Lipinski definition) is 0. The van der Waals surface area contributed by atoms with Crippen LogP contribution in [0, 0.1) is 5.92 Å². The summed E-state index contributed by atoms with van der Waals surface area (Å²) < 4.78 is 5.79. The third-order valence-corrected chi connectivity index (χ3v) is 8.46. The molecule has 2 aromatic carbocycles. The number of anilines is 2. The van der Waals surface area contributed by atoms with E-state index in [0.29, 0.717) is 41.7 Å². The van der Waals surface area contributed by atoms with E-state index in [1.54, 1.807) is 0 Å². The number of amides is 1. The Hall–Kier alpha value is -2.97. The predicted molar refractivity (Wildman–Crippen MR) is 159 cm³/mol. The van der Waals surface area contributed by atoms with Gasteiger partial charge in [0.1, 0.15) is 16.7 Å². The molecule has 9 heteroatoms. The molecule has 3 heterocycles. The zero-order valence-corrected chi connectivity index (χ0v) is 24.0. The second-order valence-electron chi connectivity index (χ2n) is 10.0. The van der Waals surface area contributed by atoms with E-state index in [9.17, 15) is 4.79 Å². The molecule has 1 amide bonds. The number of benzene rings is 2. The summed E-state index contributed by atoms with van der Waals surface area (Å²) in [5.74, 6) is 2.83. The second kappa shape index (κ2) is 13.4. The highest BCUT2D eigenvalue weighted by molar-refractivity contribution is 7.99. The molecule has 7 nitrogen and oxygen atoms in total. The number of rotatable bonds is 9. The summed E-state index contributed by atoms with van der Waals surface area (Å²) in [4.78, 5) is 28.7. The van der Waals surface area contributed by atoms with E-state index in [0.717, 1.165) is 62.7 Å². The number of carbonyl (C=O) groups excluding carboxylic acids is 1. The van der Waals surface area contributed by atoms with Crippen molar-refractivity contribution in [2.45, 2.75) is 31.3 Å². The Bertz CT molecular complexity index is 1230. The molecule has 0 saturated carbocycles. The van der Waals surface area contributed by atoms with E-state index in [-0.39, 0.29) is 5.91 Å². The van der Waals surface area contributed by atoms with Gasteiger partial charge >= 0.3 is 0 Å². The topological polar surface area (TPSA) is 61.8 Å². The van der Waals surface area contributed by atoms with Gasteiger partial charge in [-0.15, -0.1) is 0 Å². The number of halogens is 1. The maximum atomic E-state index is 13.0. The van der Waals surface area contributed by atoms with Gasteiger partial charge in [-0.05, 0) is 49.8 Å². The molecule has 2 saturated heterocycles. The van der Waals surface area contributed by atoms with Crippen molar-refractivity contribution in [3.63, 3.8) is 0 Å². The fourth-order valence-corrected chi connectivity index (χ4v) is 6.32. The predicted octanol–water partition coefficient (Wildman–Crippen LogP) is 5.43. The van der Waals surface area contributed by atoms with Crippen LogP contribution in [-0.2, 0) is 11.2 Å². The highest BCUT2D eigenvalue weighted by atomic mass is 35.5. The van der Waals surface area contributed by atoms with Crippen LogP contribution in [0.25, 0.3) is 0 Å². The molecule has 2 aliphatic rings. The summed E-state index contributed by atoms with van der Waals surface area (Å²) in [5.41, 5.74) is 2.49. The van der Waals surface area contributed by atoms with E-state index in [1.165, 1.54) is 17.3 Å². The monoisotopic (exact) mass is 565 g/mol. The van der Waals surface area contributed by atoms with Gasteiger partial charge in [-0.3, -0.25) is 4.79 Å². The minimum Gasteiger partial charge on any atom is -0.492 e. The van der Waals surface area contributed by atoms with Crippen molar-refractivity contribution in [1.29, 1.82) is 0 Å². The highest BCUT2D eigenvalue weighted by Crippen LogP contribution is 2.30. The fourth-order valence-electron chi connectivity index (χ4n) is 5.34. The molecular weight excluding hydrogens is 530 g/mol. The van der Waals surface area contributed by atoms with Crippen LogP contribution in [0.15, 0.2) is 65.8 Å². The quantitative estimate of drug-likeness (QED) is 0.195. The van der Waals surface area contributed by atoms with Crippen LogP contribution in [-0.4, -0.2) is 72.4 Å². The molecule has 3 aromatic rings. The average molecular weight is 566 g/mol. The second-order valence-corrected chi connectivity index (χ2v) is 11.3. The Kier molecular flexibility index (Phi) is 9.48. The summed E-state index contributed by atoms with van der Waals surface area (Å²) >= 11 is 7.74. The van der Waals surface area contributed by atoms with Gasteiger partial charge < -0.3 is 19.4 Å². The number of para-hydroxylation sites is 2. The summed E-state index contributed by atoms with van der Waals surface area (Å²) in [7, 11) is 0. The summed E-state index contributed by atoms with van der Waals surface area (Å²) in [6.07, 6.45) is 3.37. The Balaban J connectivity index is 1.11. The van der Waals surface area contributed by atoms with Gasteiger partial charge in [-0.25, -0.2) is 9.97 Å². The van der Waals surface area contributed by atoms with Gasteiger partial charge in [-0.1, -0.05) is 65.8 Å². The number of nitrogens with zero attached hydrogens (tertiary/aromatic N) is 5. The number of carbonyl (C=O) groups is 1. The molecule has 2 aliphatic heterocycles. The van der Waals surface area contributed by atoms with E-state index in [1.807, 2.05) is 36.1 Å². The fraction of sp³-hybridized carbons (Fsp3) is 0.433. The lowest BCUT2D eigenvalue weighted by Crippen LogP contribution is -2.49. The number of hydrogen-bond acceptors (Lipinski definition) is 7. The van der Waals surface area contributed by atoms with E-state index >= 15 is 0 Å². The molecule has 0 spiro atoms. The average Bonchev–Trinajstić information content (AvgIpc) is 2.97. The maximum Gasteiger partial charge on any atom is 0.233 e. The Morgan fingerprint density at radius 1 is 0.949 bits per heavy atom. The summed E-state index contributed by atoms with van der Waals surface area (Å²) in [5, 5.41) is 0.976. The van der Waals surface area contributed by atoms with Crippen molar-refractivity contribution in [1.82, 2.24) is 14.9 Å². The molecule has 0 radical (unpaired) electrons. The number of aromatic nitrogens is 2. The molecule has 0 bridgehead atoms. The first-order valence-electron chi connectivity index (χ1n) is 13.8. The maximum absolute atomic E-state index is 13.0. The molecule has 0 unspecified atom stereocenters. The summed E-state index contributed by atoms with van der Waals surface area (Å²) in [6, 6.07) is 20.6. The Morgan fingerprint density at radius 2 is 1.67 bits per heavy atom. The zero-order chi connectivity index (χ0) is 27.0. The van der Waals surface area contributed by atoms with Crippen molar-refractivity contribution >= 4 is 40.8 Å². The van der Waals surface area contributed by atoms with Crippen LogP contribution < -0.4 is 14.5 Å². The molecule has 1 aromatic heterocycles. The smallest absolute Gasteiger partial charge is 0.233 e. The van der Waals surface area contributed by atoms with Crippen LogP contribution in [0.5, 0.6) is 5.75 Å². The third kappa shape index (κ3) is 7.37.